The van der Waals surface area contributed by atoms with Crippen LogP contribution in [0.25, 0.3) is 0 Å². The van der Waals surface area contributed by atoms with E-state index in [1.54, 1.807) is 12.0 Å². The zero-order valence-corrected chi connectivity index (χ0v) is 9.55. The first-order valence-electron chi connectivity index (χ1n) is 5.38. The van der Waals surface area contributed by atoms with Crippen LogP contribution in [0, 0.1) is 0 Å². The summed E-state index contributed by atoms with van der Waals surface area (Å²) in [5, 5.41) is 0. The van der Waals surface area contributed by atoms with Crippen molar-refractivity contribution in [3.05, 3.63) is 18.3 Å². The third kappa shape index (κ3) is 1.90. The number of amides is 1. The van der Waals surface area contributed by atoms with Crippen molar-refractivity contribution in [2.24, 2.45) is 0 Å². The minimum Gasteiger partial charge on any atom is -0.441 e. The Balaban J connectivity index is 2.13. The van der Waals surface area contributed by atoms with Crippen LogP contribution in [0.5, 0.6) is 0 Å². The second kappa shape index (κ2) is 4.57. The highest BCUT2D eigenvalue weighted by atomic mass is 16.6. The van der Waals surface area contributed by atoms with E-state index in [0.29, 0.717) is 13.2 Å². The fraction of sp³-hybridized carbons (Fsp3) is 0.545. The quantitative estimate of drug-likeness (QED) is 0.778. The lowest BCUT2D eigenvalue weighted by atomic mass is 10.3. The Morgan fingerprint density at radius 3 is 3.12 bits per heavy atom. The summed E-state index contributed by atoms with van der Waals surface area (Å²) >= 11 is 0. The number of carbonyl (C=O) groups excluding carboxylic acids is 1. The molecule has 0 spiro atoms. The summed E-state index contributed by atoms with van der Waals surface area (Å²) in [6, 6.07) is 3.84. The number of rotatable bonds is 4. The van der Waals surface area contributed by atoms with E-state index in [1.807, 2.05) is 29.8 Å². The zero-order chi connectivity index (χ0) is 11.5. The highest BCUT2D eigenvalue weighted by Crippen LogP contribution is 2.22. The van der Waals surface area contributed by atoms with Crippen LogP contribution >= 0.6 is 0 Å². The molecule has 1 atom stereocenters. The molecule has 1 aliphatic heterocycles. The molecule has 2 heterocycles. The molecular weight excluding hydrogens is 208 g/mol. The molecule has 0 unspecified atom stereocenters. The molecule has 1 aromatic rings. The number of anilines is 1. The molecule has 1 amide bonds. The number of nitrogens with zero attached hydrogens (tertiary/aromatic N) is 2. The summed E-state index contributed by atoms with van der Waals surface area (Å²) in [6.07, 6.45) is 1.49. The smallest absolute Gasteiger partial charge is 0.415 e. The van der Waals surface area contributed by atoms with Gasteiger partial charge in [-0.1, -0.05) is 0 Å². The van der Waals surface area contributed by atoms with E-state index >= 15 is 0 Å². The van der Waals surface area contributed by atoms with Gasteiger partial charge in [-0.2, -0.15) is 0 Å². The molecule has 5 nitrogen and oxygen atoms in total. The first kappa shape index (κ1) is 11.0. The van der Waals surface area contributed by atoms with Crippen molar-refractivity contribution in [2.75, 3.05) is 25.2 Å². The van der Waals surface area contributed by atoms with Crippen LogP contribution in [0.15, 0.2) is 18.3 Å². The van der Waals surface area contributed by atoms with E-state index in [4.69, 9.17) is 9.47 Å². The number of ether oxygens (including phenoxy) is 2. The van der Waals surface area contributed by atoms with Crippen LogP contribution in [0.3, 0.4) is 0 Å². The molecule has 0 N–H and O–H groups in total. The van der Waals surface area contributed by atoms with Crippen LogP contribution in [-0.4, -0.2) is 37.0 Å². The first-order valence-corrected chi connectivity index (χ1v) is 5.38. The first-order chi connectivity index (χ1) is 7.76. The van der Waals surface area contributed by atoms with Gasteiger partial charge in [-0.3, -0.25) is 4.90 Å². The maximum Gasteiger partial charge on any atom is 0.415 e. The van der Waals surface area contributed by atoms with Gasteiger partial charge in [-0.25, -0.2) is 4.79 Å². The topological polar surface area (TPSA) is 43.7 Å². The van der Waals surface area contributed by atoms with E-state index in [0.717, 1.165) is 12.4 Å². The molecule has 1 fully saturated rings. The van der Waals surface area contributed by atoms with Gasteiger partial charge in [0.2, 0.25) is 0 Å². The van der Waals surface area contributed by atoms with Crippen molar-refractivity contribution in [3.63, 3.8) is 0 Å². The number of carbonyl (C=O) groups is 1. The minimum atomic E-state index is -0.296. The van der Waals surface area contributed by atoms with Crippen molar-refractivity contribution in [1.82, 2.24) is 4.57 Å². The maximum absolute atomic E-state index is 11.7. The van der Waals surface area contributed by atoms with Crippen molar-refractivity contribution in [3.8, 4) is 0 Å². The number of hydrogen-bond donors (Lipinski definition) is 0. The molecule has 1 aromatic heterocycles. The molecule has 1 aliphatic rings. The van der Waals surface area contributed by atoms with E-state index in [1.165, 1.54) is 0 Å². The maximum atomic E-state index is 11.7. The van der Waals surface area contributed by atoms with Gasteiger partial charge < -0.3 is 14.0 Å². The van der Waals surface area contributed by atoms with Gasteiger partial charge in [0.25, 0.3) is 0 Å². The largest absolute Gasteiger partial charge is 0.441 e. The Kier molecular flexibility index (Phi) is 3.14. The number of methoxy groups -OCH3 is 1. The molecule has 1 saturated heterocycles. The third-order valence-electron chi connectivity index (χ3n) is 2.65. The number of hydrogen-bond acceptors (Lipinski definition) is 3. The number of cyclic esters (lactones) is 1. The average molecular weight is 224 g/mol. The van der Waals surface area contributed by atoms with Gasteiger partial charge in [0.15, 0.2) is 0 Å². The van der Waals surface area contributed by atoms with E-state index in [9.17, 15) is 4.79 Å². The normalized spacial score (nSPS) is 20.2. The zero-order valence-electron chi connectivity index (χ0n) is 9.55. The second-order valence-electron chi connectivity index (χ2n) is 3.72. The van der Waals surface area contributed by atoms with Crippen LogP contribution in [0.4, 0.5) is 10.6 Å². The molecule has 5 heteroatoms. The highest BCUT2D eigenvalue weighted by molar-refractivity contribution is 5.88. The monoisotopic (exact) mass is 224 g/mol. The van der Waals surface area contributed by atoms with Crippen molar-refractivity contribution >= 4 is 11.9 Å². The van der Waals surface area contributed by atoms with E-state index in [2.05, 4.69) is 0 Å². The number of aromatic nitrogens is 1. The molecule has 0 saturated carbocycles. The molecule has 0 radical (unpaired) electrons. The van der Waals surface area contributed by atoms with Crippen molar-refractivity contribution in [2.45, 2.75) is 19.6 Å². The summed E-state index contributed by atoms with van der Waals surface area (Å²) in [6.45, 7) is 3.87. The average Bonchev–Trinajstić information content (AvgIpc) is 2.84. The molecular formula is C11H16N2O3. The standard InChI is InChI=1S/C11H16N2O3/c1-3-12-6-4-5-10(12)13-7-9(8-15-2)16-11(13)14/h4-6,9H,3,7-8H2,1-2H3/t9-/m1/s1. The lowest BCUT2D eigenvalue weighted by molar-refractivity contribution is 0.0718. The Hall–Kier alpha value is -1.49. The molecule has 88 valence electrons. The fourth-order valence-corrected chi connectivity index (χ4v) is 1.90. The van der Waals surface area contributed by atoms with Crippen LogP contribution in [0.2, 0.25) is 0 Å². The summed E-state index contributed by atoms with van der Waals surface area (Å²) in [7, 11) is 1.60. The number of aryl methyl sites for hydroxylation is 1. The van der Waals surface area contributed by atoms with Crippen molar-refractivity contribution < 1.29 is 14.3 Å². The van der Waals surface area contributed by atoms with Gasteiger partial charge in [-0.05, 0) is 19.1 Å². The third-order valence-corrected chi connectivity index (χ3v) is 2.65. The Labute approximate surface area is 94.5 Å². The Morgan fingerprint density at radius 1 is 1.62 bits per heavy atom. The summed E-state index contributed by atoms with van der Waals surface area (Å²) in [5.74, 6) is 0.881. The fourth-order valence-electron chi connectivity index (χ4n) is 1.90. The summed E-state index contributed by atoms with van der Waals surface area (Å²) < 4.78 is 12.2. The van der Waals surface area contributed by atoms with E-state index < -0.39 is 0 Å². The molecule has 16 heavy (non-hydrogen) atoms. The van der Waals surface area contributed by atoms with Gasteiger partial charge in [-0.15, -0.1) is 0 Å². The minimum absolute atomic E-state index is 0.169. The summed E-state index contributed by atoms with van der Waals surface area (Å²) in [5.41, 5.74) is 0. The lowest BCUT2D eigenvalue weighted by Crippen LogP contribution is -2.27. The van der Waals surface area contributed by atoms with Crippen LogP contribution in [0.1, 0.15) is 6.92 Å². The van der Waals surface area contributed by atoms with Gasteiger partial charge >= 0.3 is 6.09 Å². The van der Waals surface area contributed by atoms with Gasteiger partial charge in [0.1, 0.15) is 11.9 Å². The van der Waals surface area contributed by atoms with Crippen LogP contribution < -0.4 is 4.90 Å². The SMILES string of the molecule is CCn1cccc1N1C[C@H](COC)OC1=O. The molecule has 0 bridgehead atoms. The lowest BCUT2D eigenvalue weighted by Gasteiger charge is -2.15. The highest BCUT2D eigenvalue weighted by Gasteiger charge is 2.33. The molecule has 0 aromatic carbocycles. The van der Waals surface area contributed by atoms with Gasteiger partial charge in [0, 0.05) is 19.9 Å². The predicted octanol–water partition coefficient (Wildman–Crippen LogP) is 1.48. The van der Waals surface area contributed by atoms with Crippen LogP contribution in [-0.2, 0) is 16.0 Å². The molecule has 0 aliphatic carbocycles. The molecule has 2 rings (SSSR count). The van der Waals surface area contributed by atoms with Gasteiger partial charge in [0.05, 0.1) is 13.2 Å². The Bertz CT molecular complexity index is 375. The second-order valence-corrected chi connectivity index (χ2v) is 3.72. The van der Waals surface area contributed by atoms with Crippen molar-refractivity contribution in [1.29, 1.82) is 0 Å². The Morgan fingerprint density at radius 2 is 2.44 bits per heavy atom. The van der Waals surface area contributed by atoms with E-state index in [-0.39, 0.29) is 12.2 Å². The summed E-state index contributed by atoms with van der Waals surface area (Å²) in [4.78, 5) is 13.3. The predicted molar refractivity (Wildman–Crippen MR) is 59.6 cm³/mol.